The Morgan fingerprint density at radius 1 is 0.968 bits per heavy atom. The first-order valence-corrected chi connectivity index (χ1v) is 9.61. The minimum absolute atomic E-state index is 0.143. The first-order valence-electron chi connectivity index (χ1n) is 9.61. The average Bonchev–Trinajstić information content (AvgIpc) is 3.36. The van der Waals surface area contributed by atoms with Crippen molar-refractivity contribution in [2.24, 2.45) is 0 Å². The molecular formula is C22H15N5O4. The minimum Gasteiger partial charge on any atom is -0.454 e. The van der Waals surface area contributed by atoms with Crippen LogP contribution >= 0.6 is 0 Å². The fourth-order valence-electron chi connectivity index (χ4n) is 4.02. The topological polar surface area (TPSA) is 115 Å². The van der Waals surface area contributed by atoms with Crippen molar-refractivity contribution in [3.63, 3.8) is 0 Å². The highest BCUT2D eigenvalue weighted by Crippen LogP contribution is 2.40. The number of H-pyrrole nitrogens is 2. The van der Waals surface area contributed by atoms with Gasteiger partial charge in [0.05, 0.1) is 22.2 Å². The summed E-state index contributed by atoms with van der Waals surface area (Å²) in [6.07, 6.45) is 0. The average molecular weight is 413 g/mol. The Balaban J connectivity index is 1.80. The molecule has 0 unspecified atom stereocenters. The molecule has 0 bridgehead atoms. The van der Waals surface area contributed by atoms with E-state index in [9.17, 15) is 9.59 Å². The second-order valence-electron chi connectivity index (χ2n) is 7.22. The van der Waals surface area contributed by atoms with Crippen molar-refractivity contribution in [1.82, 2.24) is 24.7 Å². The monoisotopic (exact) mass is 413 g/mol. The highest BCUT2D eigenvalue weighted by Gasteiger charge is 2.23. The standard InChI is InChI=1S/C22H15N5O4/c1-11-16-17(12-7-8-14-15(9-12)31-10-30-14)18-19(24-22(29)25-21(18)28)23-20(16)27(26-11)13-5-3-2-4-6-13/h2-9H,10H2,1H3,(H2,23,24,25,28,29). The normalized spacial score (nSPS) is 12.7. The van der Waals surface area contributed by atoms with E-state index in [1.807, 2.05) is 49.4 Å². The van der Waals surface area contributed by atoms with Crippen LogP contribution in [-0.4, -0.2) is 31.5 Å². The highest BCUT2D eigenvalue weighted by molar-refractivity contribution is 6.09. The van der Waals surface area contributed by atoms with E-state index in [4.69, 9.17) is 9.47 Å². The van der Waals surface area contributed by atoms with Gasteiger partial charge < -0.3 is 9.47 Å². The van der Waals surface area contributed by atoms with Crippen LogP contribution in [0.2, 0.25) is 0 Å². The molecular weight excluding hydrogens is 398 g/mol. The zero-order chi connectivity index (χ0) is 21.1. The van der Waals surface area contributed by atoms with Crippen LogP contribution in [0.3, 0.4) is 0 Å². The van der Waals surface area contributed by atoms with Gasteiger partial charge in [-0.1, -0.05) is 24.3 Å². The number of pyridine rings is 1. The van der Waals surface area contributed by atoms with Gasteiger partial charge in [-0.05, 0) is 36.8 Å². The molecule has 2 N–H and O–H groups in total. The van der Waals surface area contributed by atoms with Gasteiger partial charge in [0.25, 0.3) is 5.56 Å². The van der Waals surface area contributed by atoms with Crippen LogP contribution < -0.4 is 20.7 Å². The van der Waals surface area contributed by atoms with E-state index in [1.54, 1.807) is 10.7 Å². The Morgan fingerprint density at radius 3 is 2.61 bits per heavy atom. The van der Waals surface area contributed by atoms with Crippen molar-refractivity contribution in [3.05, 3.63) is 75.1 Å². The molecule has 31 heavy (non-hydrogen) atoms. The number of ether oxygens (including phenoxy) is 2. The largest absolute Gasteiger partial charge is 0.454 e. The second-order valence-corrected chi connectivity index (χ2v) is 7.22. The fourth-order valence-corrected chi connectivity index (χ4v) is 4.02. The van der Waals surface area contributed by atoms with Crippen LogP contribution in [0.4, 0.5) is 0 Å². The molecule has 4 heterocycles. The molecule has 9 nitrogen and oxygen atoms in total. The van der Waals surface area contributed by atoms with E-state index in [-0.39, 0.29) is 17.8 Å². The first-order chi connectivity index (χ1) is 15.1. The number of aromatic amines is 2. The second kappa shape index (κ2) is 6.30. The third-order valence-electron chi connectivity index (χ3n) is 5.34. The van der Waals surface area contributed by atoms with Crippen LogP contribution in [0.1, 0.15) is 5.69 Å². The lowest BCUT2D eigenvalue weighted by molar-refractivity contribution is 0.174. The zero-order valence-corrected chi connectivity index (χ0v) is 16.3. The van der Waals surface area contributed by atoms with Crippen molar-refractivity contribution in [2.45, 2.75) is 6.92 Å². The Kier molecular flexibility index (Phi) is 3.55. The Bertz CT molecular complexity index is 1620. The number of hydrogen-bond donors (Lipinski definition) is 2. The SMILES string of the molecule is Cc1nn(-c2ccccc2)c2nc3[nH]c(=O)[nH]c(=O)c3c(-c3ccc4c(c3)OCO4)c12. The number of hydrogen-bond acceptors (Lipinski definition) is 6. The number of para-hydroxylation sites is 1. The minimum atomic E-state index is -0.622. The van der Waals surface area contributed by atoms with E-state index >= 15 is 0 Å². The smallest absolute Gasteiger partial charge is 0.327 e. The Hall–Kier alpha value is -4.40. The summed E-state index contributed by atoms with van der Waals surface area (Å²) in [7, 11) is 0. The van der Waals surface area contributed by atoms with E-state index in [0.29, 0.717) is 33.8 Å². The van der Waals surface area contributed by atoms with Gasteiger partial charge >= 0.3 is 5.69 Å². The number of nitrogens with zero attached hydrogens (tertiary/aromatic N) is 3. The van der Waals surface area contributed by atoms with Crippen LogP contribution in [0.5, 0.6) is 11.5 Å². The molecule has 0 radical (unpaired) electrons. The molecule has 0 saturated carbocycles. The lowest BCUT2D eigenvalue weighted by atomic mass is 9.98. The van der Waals surface area contributed by atoms with Crippen molar-refractivity contribution in [1.29, 1.82) is 0 Å². The summed E-state index contributed by atoms with van der Waals surface area (Å²) in [5.41, 5.74) is 2.44. The van der Waals surface area contributed by atoms with Gasteiger partial charge in [0.1, 0.15) is 5.65 Å². The van der Waals surface area contributed by atoms with E-state index < -0.39 is 11.2 Å². The number of nitrogens with one attached hydrogen (secondary N) is 2. The summed E-state index contributed by atoms with van der Waals surface area (Å²) < 4.78 is 12.7. The van der Waals surface area contributed by atoms with Crippen molar-refractivity contribution >= 4 is 22.1 Å². The van der Waals surface area contributed by atoms with Crippen molar-refractivity contribution < 1.29 is 9.47 Å². The zero-order valence-electron chi connectivity index (χ0n) is 16.3. The predicted octanol–water partition coefficient (Wildman–Crippen LogP) is 2.65. The maximum absolute atomic E-state index is 12.9. The molecule has 1 aliphatic rings. The van der Waals surface area contributed by atoms with Gasteiger partial charge in [-0.2, -0.15) is 5.10 Å². The molecule has 0 amide bonds. The molecule has 0 atom stereocenters. The highest BCUT2D eigenvalue weighted by atomic mass is 16.7. The third-order valence-corrected chi connectivity index (χ3v) is 5.34. The van der Waals surface area contributed by atoms with Gasteiger partial charge in [-0.15, -0.1) is 0 Å². The lowest BCUT2D eigenvalue weighted by Gasteiger charge is -2.10. The van der Waals surface area contributed by atoms with Crippen molar-refractivity contribution in [2.75, 3.05) is 6.79 Å². The van der Waals surface area contributed by atoms with Gasteiger partial charge in [-0.25, -0.2) is 14.5 Å². The number of aromatic nitrogens is 5. The van der Waals surface area contributed by atoms with Gasteiger partial charge in [0.15, 0.2) is 17.1 Å². The third kappa shape index (κ3) is 2.56. The molecule has 0 spiro atoms. The Morgan fingerprint density at radius 2 is 1.77 bits per heavy atom. The summed E-state index contributed by atoms with van der Waals surface area (Å²) >= 11 is 0. The summed E-state index contributed by atoms with van der Waals surface area (Å²) in [6.45, 7) is 2.01. The Labute approximate surface area is 173 Å². The molecule has 2 aromatic carbocycles. The van der Waals surface area contributed by atoms with Gasteiger partial charge in [-0.3, -0.25) is 14.8 Å². The first kappa shape index (κ1) is 17.5. The number of rotatable bonds is 2. The molecule has 9 heteroatoms. The molecule has 3 aromatic heterocycles. The molecule has 0 aliphatic carbocycles. The van der Waals surface area contributed by atoms with Crippen molar-refractivity contribution in [3.8, 4) is 28.3 Å². The molecule has 0 fully saturated rings. The molecule has 152 valence electrons. The predicted molar refractivity (Wildman–Crippen MR) is 114 cm³/mol. The van der Waals surface area contributed by atoms with Crippen LogP contribution in [0.25, 0.3) is 38.9 Å². The van der Waals surface area contributed by atoms with Crippen LogP contribution in [0, 0.1) is 6.92 Å². The van der Waals surface area contributed by atoms with E-state index in [1.165, 1.54) is 0 Å². The fraction of sp³-hybridized carbons (Fsp3) is 0.0909. The molecule has 6 rings (SSSR count). The van der Waals surface area contributed by atoms with Crippen LogP contribution in [-0.2, 0) is 0 Å². The molecule has 5 aromatic rings. The molecule has 1 aliphatic heterocycles. The van der Waals surface area contributed by atoms with E-state index in [2.05, 4.69) is 20.1 Å². The molecule has 0 saturated heterocycles. The summed E-state index contributed by atoms with van der Waals surface area (Å²) in [5, 5.41) is 5.68. The van der Waals surface area contributed by atoms with Gasteiger partial charge in [0.2, 0.25) is 6.79 Å². The van der Waals surface area contributed by atoms with Gasteiger partial charge in [0, 0.05) is 5.56 Å². The lowest BCUT2D eigenvalue weighted by Crippen LogP contribution is -2.23. The van der Waals surface area contributed by atoms with Crippen LogP contribution in [0.15, 0.2) is 58.1 Å². The summed E-state index contributed by atoms with van der Waals surface area (Å²) in [4.78, 5) is 34.4. The number of fused-ring (bicyclic) bond motifs is 3. The maximum atomic E-state index is 12.9. The quantitative estimate of drug-likeness (QED) is 0.460. The number of aryl methyl sites for hydroxylation is 1. The number of benzene rings is 2. The van der Waals surface area contributed by atoms with E-state index in [0.717, 1.165) is 11.3 Å². The summed E-state index contributed by atoms with van der Waals surface area (Å²) in [6, 6.07) is 15.0. The summed E-state index contributed by atoms with van der Waals surface area (Å²) in [5.74, 6) is 1.22. The maximum Gasteiger partial charge on any atom is 0.327 e.